The number of carboxylic acids is 1. The van der Waals surface area contributed by atoms with Crippen molar-refractivity contribution in [2.45, 2.75) is 11.8 Å². The Labute approximate surface area is 84.8 Å². The van der Waals surface area contributed by atoms with E-state index in [9.17, 15) is 9.90 Å². The first-order valence-corrected chi connectivity index (χ1v) is 4.50. The number of aryl methyl sites for hydroxylation is 1. The fourth-order valence-corrected chi connectivity index (χ4v) is 1.54. The molecular weight excluding hydrogens is 202 g/mol. The molecule has 0 fully saturated rings. The Morgan fingerprint density at radius 1 is 1.57 bits per heavy atom. The molecule has 0 atom stereocenters. The van der Waals surface area contributed by atoms with Gasteiger partial charge in [0.05, 0.1) is 0 Å². The average Bonchev–Trinajstić information content (AvgIpc) is 2.11. The Hall–Kier alpha value is -1.67. The number of thioether (sulfide) groups is 1. The summed E-state index contributed by atoms with van der Waals surface area (Å²) in [5.74, 6) is -1.45. The fraction of sp³-hybridized carbons (Fsp3) is 0.111. The van der Waals surface area contributed by atoms with Gasteiger partial charge in [-0.3, -0.25) is 0 Å². The van der Waals surface area contributed by atoms with Crippen LogP contribution in [0.5, 0.6) is 5.75 Å². The van der Waals surface area contributed by atoms with Crippen LogP contribution in [-0.4, -0.2) is 16.2 Å². The number of rotatable bonds is 2. The molecule has 0 aliphatic heterocycles. The Kier molecular flexibility index (Phi) is 2.99. The molecule has 0 spiro atoms. The van der Waals surface area contributed by atoms with Gasteiger partial charge in [-0.05, 0) is 36.4 Å². The van der Waals surface area contributed by atoms with Crippen molar-refractivity contribution < 1.29 is 15.0 Å². The molecule has 0 aliphatic rings. The summed E-state index contributed by atoms with van der Waals surface area (Å²) < 4.78 is 0. The molecule has 0 bridgehead atoms. The quantitative estimate of drug-likeness (QED) is 0.574. The molecule has 0 saturated carbocycles. The van der Waals surface area contributed by atoms with E-state index >= 15 is 0 Å². The van der Waals surface area contributed by atoms with E-state index in [0.29, 0.717) is 10.5 Å². The number of aromatic hydroxyl groups is 1. The van der Waals surface area contributed by atoms with Crippen molar-refractivity contribution >= 4 is 17.7 Å². The number of nitrogens with zero attached hydrogens (tertiary/aromatic N) is 1. The molecule has 0 aromatic heterocycles. The van der Waals surface area contributed by atoms with Gasteiger partial charge in [-0.15, -0.1) is 0 Å². The zero-order valence-corrected chi connectivity index (χ0v) is 8.13. The van der Waals surface area contributed by atoms with Crippen molar-refractivity contribution in [2.24, 2.45) is 0 Å². The van der Waals surface area contributed by atoms with Gasteiger partial charge in [-0.1, -0.05) is 0 Å². The molecule has 72 valence electrons. The molecule has 1 rings (SSSR count). The highest BCUT2D eigenvalue weighted by atomic mass is 32.2. The summed E-state index contributed by atoms with van der Waals surface area (Å²) in [4.78, 5) is 11.2. The third-order valence-electron chi connectivity index (χ3n) is 1.67. The summed E-state index contributed by atoms with van der Waals surface area (Å²) in [5.41, 5.74) is 0.269. The highest BCUT2D eigenvalue weighted by Gasteiger charge is 2.13. The molecule has 4 nitrogen and oxygen atoms in total. The summed E-state index contributed by atoms with van der Waals surface area (Å²) in [5, 5.41) is 28.4. The Morgan fingerprint density at radius 2 is 2.21 bits per heavy atom. The van der Waals surface area contributed by atoms with Gasteiger partial charge in [0.2, 0.25) is 0 Å². The maximum absolute atomic E-state index is 10.7. The Bertz CT molecular complexity index is 423. The summed E-state index contributed by atoms with van der Waals surface area (Å²) >= 11 is 0.861. The van der Waals surface area contributed by atoms with Crippen LogP contribution in [-0.2, 0) is 0 Å². The third-order valence-corrected chi connectivity index (χ3v) is 2.23. The molecule has 1 aromatic carbocycles. The summed E-state index contributed by atoms with van der Waals surface area (Å²) in [6.45, 7) is 1.59. The van der Waals surface area contributed by atoms with E-state index in [2.05, 4.69) is 0 Å². The minimum Gasteiger partial charge on any atom is -0.507 e. The highest BCUT2D eigenvalue weighted by molar-refractivity contribution is 8.03. The lowest BCUT2D eigenvalue weighted by Gasteiger charge is -2.04. The maximum atomic E-state index is 10.7. The van der Waals surface area contributed by atoms with E-state index in [1.54, 1.807) is 13.0 Å². The van der Waals surface area contributed by atoms with Gasteiger partial charge in [0, 0.05) is 4.90 Å². The first-order chi connectivity index (χ1) is 6.56. The van der Waals surface area contributed by atoms with Crippen LogP contribution in [0.15, 0.2) is 17.0 Å². The van der Waals surface area contributed by atoms with Gasteiger partial charge in [0.1, 0.15) is 16.7 Å². The largest absolute Gasteiger partial charge is 0.507 e. The normalized spacial score (nSPS) is 9.43. The average molecular weight is 209 g/mol. The molecule has 5 heteroatoms. The number of carboxylic acid groups (broad SMARTS) is 1. The lowest BCUT2D eigenvalue weighted by molar-refractivity contribution is 0.0693. The monoisotopic (exact) mass is 209 g/mol. The Balaban J connectivity index is 3.29. The van der Waals surface area contributed by atoms with Crippen LogP contribution in [0, 0.1) is 17.6 Å². The van der Waals surface area contributed by atoms with Crippen LogP contribution in [0.3, 0.4) is 0 Å². The molecule has 2 N–H and O–H groups in total. The summed E-state index contributed by atoms with van der Waals surface area (Å²) in [7, 11) is 0. The molecule has 0 radical (unpaired) electrons. The number of thiocyanates is 1. The first-order valence-electron chi connectivity index (χ1n) is 3.69. The fourth-order valence-electron chi connectivity index (χ4n) is 1.02. The van der Waals surface area contributed by atoms with Gasteiger partial charge >= 0.3 is 5.97 Å². The molecule has 14 heavy (non-hydrogen) atoms. The van der Waals surface area contributed by atoms with Crippen LogP contribution < -0.4 is 0 Å². The van der Waals surface area contributed by atoms with E-state index < -0.39 is 5.97 Å². The molecule has 0 amide bonds. The lowest BCUT2D eigenvalue weighted by Crippen LogP contribution is -1.98. The molecule has 0 heterocycles. The van der Waals surface area contributed by atoms with Gasteiger partial charge in [0.15, 0.2) is 0 Å². The van der Waals surface area contributed by atoms with Crippen molar-refractivity contribution in [1.82, 2.24) is 0 Å². The predicted octanol–water partition coefficient (Wildman–Crippen LogP) is 1.97. The number of carbonyl (C=O) groups is 1. The van der Waals surface area contributed by atoms with Crippen molar-refractivity contribution in [3.63, 3.8) is 0 Å². The van der Waals surface area contributed by atoms with Crippen molar-refractivity contribution in [2.75, 3.05) is 0 Å². The van der Waals surface area contributed by atoms with Crippen LogP contribution in [0.2, 0.25) is 0 Å². The van der Waals surface area contributed by atoms with E-state index in [4.69, 9.17) is 10.4 Å². The summed E-state index contributed by atoms with van der Waals surface area (Å²) in [6.07, 6.45) is 0. The van der Waals surface area contributed by atoms with Gasteiger partial charge in [-0.2, -0.15) is 5.26 Å². The van der Waals surface area contributed by atoms with Crippen LogP contribution in [0.25, 0.3) is 0 Å². The lowest BCUT2D eigenvalue weighted by atomic mass is 10.1. The van der Waals surface area contributed by atoms with Crippen LogP contribution >= 0.6 is 11.8 Å². The second kappa shape index (κ2) is 4.03. The number of hydrogen-bond donors (Lipinski definition) is 2. The predicted molar refractivity (Wildman–Crippen MR) is 51.3 cm³/mol. The standard InChI is InChI=1S/C9H7NO3S/c1-5-2-6(14-4-10)3-7(8(5)11)9(12)13/h2-3,11H,1H3,(H,12,13). The molecule has 0 aliphatic carbocycles. The highest BCUT2D eigenvalue weighted by Crippen LogP contribution is 2.28. The van der Waals surface area contributed by atoms with E-state index in [1.165, 1.54) is 6.07 Å². The topological polar surface area (TPSA) is 81.3 Å². The number of phenols is 1. The second-order valence-electron chi connectivity index (χ2n) is 2.63. The minimum absolute atomic E-state index is 0.178. The maximum Gasteiger partial charge on any atom is 0.339 e. The van der Waals surface area contributed by atoms with Crippen LogP contribution in [0.4, 0.5) is 0 Å². The number of nitriles is 1. The van der Waals surface area contributed by atoms with E-state index in [0.717, 1.165) is 11.8 Å². The van der Waals surface area contributed by atoms with Crippen molar-refractivity contribution in [1.29, 1.82) is 5.26 Å². The Morgan fingerprint density at radius 3 is 2.71 bits per heavy atom. The van der Waals surface area contributed by atoms with Gasteiger partial charge < -0.3 is 10.2 Å². The minimum atomic E-state index is -1.20. The second-order valence-corrected chi connectivity index (χ2v) is 3.49. The third kappa shape index (κ3) is 1.98. The molecule has 0 unspecified atom stereocenters. The van der Waals surface area contributed by atoms with Gasteiger partial charge in [0.25, 0.3) is 0 Å². The zero-order valence-electron chi connectivity index (χ0n) is 7.31. The SMILES string of the molecule is Cc1cc(SC#N)cc(C(=O)O)c1O. The van der Waals surface area contributed by atoms with Crippen molar-refractivity contribution in [3.05, 3.63) is 23.3 Å². The smallest absolute Gasteiger partial charge is 0.339 e. The summed E-state index contributed by atoms with van der Waals surface area (Å²) in [6, 6.07) is 2.84. The van der Waals surface area contributed by atoms with E-state index in [1.807, 2.05) is 5.40 Å². The molecule has 1 aromatic rings. The zero-order chi connectivity index (χ0) is 10.7. The number of benzene rings is 1. The van der Waals surface area contributed by atoms with Gasteiger partial charge in [-0.25, -0.2) is 4.79 Å². The number of aromatic carboxylic acids is 1. The molecule has 0 saturated heterocycles. The van der Waals surface area contributed by atoms with Crippen molar-refractivity contribution in [3.8, 4) is 11.2 Å². The molecular formula is C9H7NO3S. The van der Waals surface area contributed by atoms with Crippen LogP contribution in [0.1, 0.15) is 15.9 Å². The first kappa shape index (κ1) is 10.4. The van der Waals surface area contributed by atoms with E-state index in [-0.39, 0.29) is 11.3 Å². The number of hydrogen-bond acceptors (Lipinski definition) is 4.